The number of nitrogens with zero attached hydrogens (tertiary/aromatic N) is 3. The monoisotopic (exact) mass is 244 g/mol. The number of hydrogen-bond acceptors (Lipinski definition) is 3. The molecule has 0 spiro atoms. The number of hydrogen-bond donors (Lipinski definition) is 1. The van der Waals surface area contributed by atoms with Gasteiger partial charge in [-0.3, -0.25) is 4.57 Å². The molecule has 2 N–H and O–H groups in total. The highest BCUT2D eigenvalue weighted by Crippen LogP contribution is 2.22. The molecule has 0 saturated carbocycles. The normalized spacial score (nSPS) is 10.9. The molecule has 0 aliphatic carbocycles. The Bertz CT molecular complexity index is 690. The van der Waals surface area contributed by atoms with Gasteiger partial charge in [-0.05, 0) is 24.3 Å². The van der Waals surface area contributed by atoms with E-state index in [9.17, 15) is 0 Å². The van der Waals surface area contributed by atoms with E-state index in [1.807, 2.05) is 28.8 Å². The molecule has 0 bridgehead atoms. The van der Waals surface area contributed by atoms with E-state index < -0.39 is 0 Å². The zero-order valence-electron chi connectivity index (χ0n) is 8.84. The number of nitrogen functional groups attached to an aromatic ring is 1. The Morgan fingerprint density at radius 3 is 2.82 bits per heavy atom. The van der Waals surface area contributed by atoms with E-state index in [0.29, 0.717) is 16.7 Å². The second-order valence-corrected chi connectivity index (χ2v) is 4.04. The van der Waals surface area contributed by atoms with Crippen LogP contribution in [0.2, 0.25) is 5.15 Å². The van der Waals surface area contributed by atoms with Crippen molar-refractivity contribution in [3.63, 3.8) is 0 Å². The van der Waals surface area contributed by atoms with Gasteiger partial charge in [-0.2, -0.15) is 0 Å². The molecule has 84 valence electrons. The number of pyridine rings is 1. The van der Waals surface area contributed by atoms with Gasteiger partial charge in [0.25, 0.3) is 0 Å². The Morgan fingerprint density at radius 2 is 1.94 bits per heavy atom. The number of halogens is 1. The van der Waals surface area contributed by atoms with Crippen LogP contribution in [0.3, 0.4) is 0 Å². The third kappa shape index (κ3) is 1.62. The molecular weight excluding hydrogens is 236 g/mol. The molecule has 0 saturated heterocycles. The summed E-state index contributed by atoms with van der Waals surface area (Å²) in [5.41, 5.74) is 8.32. The van der Waals surface area contributed by atoms with Gasteiger partial charge in [0.15, 0.2) is 5.82 Å². The van der Waals surface area contributed by atoms with Gasteiger partial charge in [0.05, 0.1) is 16.7 Å². The highest BCUT2D eigenvalue weighted by atomic mass is 35.5. The highest BCUT2D eigenvalue weighted by molar-refractivity contribution is 6.29. The van der Waals surface area contributed by atoms with Gasteiger partial charge in [0.2, 0.25) is 0 Å². The predicted molar refractivity (Wildman–Crippen MR) is 68.3 cm³/mol. The first kappa shape index (κ1) is 10.1. The van der Waals surface area contributed by atoms with Crippen molar-refractivity contribution in [3.05, 3.63) is 47.9 Å². The zero-order valence-corrected chi connectivity index (χ0v) is 9.59. The molecule has 2 aromatic heterocycles. The van der Waals surface area contributed by atoms with Crippen molar-refractivity contribution in [2.75, 3.05) is 5.73 Å². The van der Waals surface area contributed by atoms with Crippen molar-refractivity contribution in [2.24, 2.45) is 0 Å². The first-order valence-corrected chi connectivity index (χ1v) is 5.48. The minimum Gasteiger partial charge on any atom is -0.396 e. The Balaban J connectivity index is 2.31. The molecule has 0 aliphatic rings. The first-order chi connectivity index (χ1) is 8.25. The maximum atomic E-state index is 5.90. The molecular formula is C12H9ClN4. The zero-order chi connectivity index (χ0) is 11.8. The van der Waals surface area contributed by atoms with Crippen LogP contribution in [0.5, 0.6) is 0 Å². The molecule has 17 heavy (non-hydrogen) atoms. The largest absolute Gasteiger partial charge is 0.396 e. The summed E-state index contributed by atoms with van der Waals surface area (Å²) >= 11 is 5.88. The molecule has 0 aliphatic heterocycles. The summed E-state index contributed by atoms with van der Waals surface area (Å²) in [6, 6.07) is 11.2. The Labute approximate surface area is 103 Å². The smallest absolute Gasteiger partial charge is 0.163 e. The summed E-state index contributed by atoms with van der Waals surface area (Å²) in [7, 11) is 0. The van der Waals surface area contributed by atoms with Crippen LogP contribution in [-0.4, -0.2) is 14.5 Å². The van der Waals surface area contributed by atoms with Gasteiger partial charge in [0.1, 0.15) is 11.5 Å². The van der Waals surface area contributed by atoms with Gasteiger partial charge in [-0.15, -0.1) is 0 Å². The van der Waals surface area contributed by atoms with E-state index in [4.69, 9.17) is 17.3 Å². The van der Waals surface area contributed by atoms with Gasteiger partial charge in [-0.25, -0.2) is 9.97 Å². The van der Waals surface area contributed by atoms with Crippen LogP contribution < -0.4 is 5.73 Å². The minimum absolute atomic E-state index is 0.409. The quantitative estimate of drug-likeness (QED) is 0.670. The second kappa shape index (κ2) is 3.75. The number of anilines is 1. The van der Waals surface area contributed by atoms with Crippen LogP contribution in [-0.2, 0) is 0 Å². The summed E-state index contributed by atoms with van der Waals surface area (Å²) in [5, 5.41) is 0.409. The van der Waals surface area contributed by atoms with Gasteiger partial charge >= 0.3 is 0 Å². The van der Waals surface area contributed by atoms with Crippen molar-refractivity contribution < 1.29 is 0 Å². The summed E-state index contributed by atoms with van der Waals surface area (Å²) in [6.07, 6.45) is 1.69. The lowest BCUT2D eigenvalue weighted by atomic mass is 10.3. The Morgan fingerprint density at radius 1 is 1.12 bits per heavy atom. The summed E-state index contributed by atoms with van der Waals surface area (Å²) < 4.78 is 1.83. The number of para-hydroxylation sites is 2. The average molecular weight is 245 g/mol. The van der Waals surface area contributed by atoms with E-state index in [-0.39, 0.29) is 0 Å². The summed E-state index contributed by atoms with van der Waals surface area (Å²) in [5.74, 6) is 0.603. The topological polar surface area (TPSA) is 56.7 Å². The molecule has 0 unspecified atom stereocenters. The number of rotatable bonds is 1. The van der Waals surface area contributed by atoms with Crippen LogP contribution in [0.15, 0.2) is 42.7 Å². The van der Waals surface area contributed by atoms with Crippen molar-refractivity contribution in [3.8, 4) is 5.82 Å². The predicted octanol–water partition coefficient (Wildman–Crippen LogP) is 2.66. The van der Waals surface area contributed by atoms with Crippen molar-refractivity contribution in [2.45, 2.75) is 0 Å². The van der Waals surface area contributed by atoms with Crippen LogP contribution >= 0.6 is 11.6 Å². The van der Waals surface area contributed by atoms with E-state index in [0.717, 1.165) is 11.0 Å². The van der Waals surface area contributed by atoms with Crippen LogP contribution in [0.1, 0.15) is 0 Å². The minimum atomic E-state index is 0.409. The van der Waals surface area contributed by atoms with E-state index in [2.05, 4.69) is 9.97 Å². The van der Waals surface area contributed by atoms with E-state index in [1.165, 1.54) is 0 Å². The summed E-state index contributed by atoms with van der Waals surface area (Å²) in [4.78, 5) is 8.52. The molecule has 2 heterocycles. The van der Waals surface area contributed by atoms with Crippen LogP contribution in [0.25, 0.3) is 16.9 Å². The molecule has 5 heteroatoms. The van der Waals surface area contributed by atoms with Gasteiger partial charge < -0.3 is 5.73 Å². The Kier molecular flexibility index (Phi) is 2.23. The Hall–Kier alpha value is -2.07. The SMILES string of the molecule is Nc1ccc(Cl)nc1-n1cnc2ccccc21. The molecule has 0 amide bonds. The third-order valence-corrected chi connectivity index (χ3v) is 2.76. The van der Waals surface area contributed by atoms with Crippen molar-refractivity contribution in [1.29, 1.82) is 0 Å². The van der Waals surface area contributed by atoms with Crippen LogP contribution in [0.4, 0.5) is 5.69 Å². The number of imidazole rings is 1. The fourth-order valence-electron chi connectivity index (χ4n) is 1.76. The fraction of sp³-hybridized carbons (Fsp3) is 0. The standard InChI is InChI=1S/C12H9ClN4/c13-11-6-5-8(14)12(16-11)17-7-15-9-3-1-2-4-10(9)17/h1-7H,14H2. The number of nitrogens with two attached hydrogens (primary N) is 1. The van der Waals surface area contributed by atoms with Gasteiger partial charge in [-0.1, -0.05) is 23.7 Å². The molecule has 3 aromatic rings. The lowest BCUT2D eigenvalue weighted by Gasteiger charge is -2.06. The van der Waals surface area contributed by atoms with Crippen molar-refractivity contribution >= 4 is 28.3 Å². The molecule has 0 atom stereocenters. The molecule has 0 fully saturated rings. The molecule has 0 radical (unpaired) electrons. The number of benzene rings is 1. The molecule has 1 aromatic carbocycles. The fourth-order valence-corrected chi connectivity index (χ4v) is 1.90. The average Bonchev–Trinajstić information content (AvgIpc) is 2.76. The highest BCUT2D eigenvalue weighted by Gasteiger charge is 2.08. The van der Waals surface area contributed by atoms with Crippen molar-refractivity contribution in [1.82, 2.24) is 14.5 Å². The maximum Gasteiger partial charge on any atom is 0.163 e. The summed E-state index contributed by atoms with van der Waals surface area (Å²) in [6.45, 7) is 0. The number of aromatic nitrogens is 3. The van der Waals surface area contributed by atoms with E-state index in [1.54, 1.807) is 18.5 Å². The van der Waals surface area contributed by atoms with E-state index >= 15 is 0 Å². The lowest BCUT2D eigenvalue weighted by molar-refractivity contribution is 1.03. The van der Waals surface area contributed by atoms with Crippen LogP contribution in [0, 0.1) is 0 Å². The first-order valence-electron chi connectivity index (χ1n) is 5.10. The second-order valence-electron chi connectivity index (χ2n) is 3.65. The lowest BCUT2D eigenvalue weighted by Crippen LogP contribution is -2.01. The third-order valence-electron chi connectivity index (χ3n) is 2.55. The molecule has 3 rings (SSSR count). The number of fused-ring (bicyclic) bond motifs is 1. The maximum absolute atomic E-state index is 5.90. The molecule has 4 nitrogen and oxygen atoms in total. The van der Waals surface area contributed by atoms with Gasteiger partial charge in [0, 0.05) is 0 Å².